The van der Waals surface area contributed by atoms with Gasteiger partial charge in [-0.3, -0.25) is 4.79 Å². The number of aromatic nitrogens is 1. The van der Waals surface area contributed by atoms with Gasteiger partial charge in [0.05, 0.1) is 5.56 Å². The number of halogens is 2. The van der Waals surface area contributed by atoms with E-state index in [-0.39, 0.29) is 36.1 Å². The van der Waals surface area contributed by atoms with Crippen LogP contribution in [0.4, 0.5) is 8.78 Å². The molecule has 0 bridgehead atoms. The van der Waals surface area contributed by atoms with Crippen molar-refractivity contribution in [3.8, 4) is 0 Å². The zero-order valence-corrected chi connectivity index (χ0v) is 14.3. The minimum Gasteiger partial charge on any atom is -0.443 e. The normalized spacial score (nSPS) is 11.3. The Morgan fingerprint density at radius 3 is 2.77 bits per heavy atom. The fourth-order valence-electron chi connectivity index (χ4n) is 2.60. The second kappa shape index (κ2) is 7.71. The van der Waals surface area contributed by atoms with Crippen molar-refractivity contribution in [1.82, 2.24) is 9.71 Å². The highest BCUT2D eigenvalue weighted by Crippen LogP contribution is 2.22. The quantitative estimate of drug-likeness (QED) is 0.373. The fourth-order valence-corrected chi connectivity index (χ4v) is 2.94. The highest BCUT2D eigenvalue weighted by molar-refractivity contribution is 7.70. The summed E-state index contributed by atoms with van der Waals surface area (Å²) >= 11 is 0. The lowest BCUT2D eigenvalue weighted by molar-refractivity contribution is 0.103. The maximum Gasteiger partial charge on any atom is 0.201 e. The summed E-state index contributed by atoms with van der Waals surface area (Å²) in [6.07, 6.45) is 1.58. The number of nitrogens with one attached hydrogen (secondary N) is 1. The molecule has 0 spiro atoms. The zero-order valence-electron chi connectivity index (χ0n) is 13.4. The van der Waals surface area contributed by atoms with E-state index in [4.69, 9.17) is 4.42 Å². The number of oxazole rings is 1. The lowest BCUT2D eigenvalue weighted by atomic mass is 9.98. The Hall–Kier alpha value is -2.65. The lowest BCUT2D eigenvalue weighted by Gasteiger charge is -2.09. The summed E-state index contributed by atoms with van der Waals surface area (Å²) in [4.78, 5) is 16.5. The van der Waals surface area contributed by atoms with E-state index in [0.717, 1.165) is 12.1 Å². The average molecular weight is 380 g/mol. The Morgan fingerprint density at radius 2 is 2.00 bits per heavy atom. The monoisotopic (exact) mass is 380 g/mol. The van der Waals surface area contributed by atoms with Crippen molar-refractivity contribution in [2.45, 2.75) is 12.8 Å². The van der Waals surface area contributed by atoms with Gasteiger partial charge in [0, 0.05) is 12.1 Å². The number of carbonyl (C=O) groups is 1. The summed E-state index contributed by atoms with van der Waals surface area (Å²) in [7, 11) is -2.74. The highest BCUT2D eigenvalue weighted by atomic mass is 32.2. The van der Waals surface area contributed by atoms with Crippen LogP contribution in [0.1, 0.15) is 27.9 Å². The van der Waals surface area contributed by atoms with Crippen LogP contribution in [0.2, 0.25) is 0 Å². The van der Waals surface area contributed by atoms with Gasteiger partial charge in [0.15, 0.2) is 17.8 Å². The van der Waals surface area contributed by atoms with Gasteiger partial charge in [-0.25, -0.2) is 26.9 Å². The van der Waals surface area contributed by atoms with E-state index in [0.29, 0.717) is 11.1 Å². The number of hydrogen-bond donors (Lipinski definition) is 2. The van der Waals surface area contributed by atoms with Crippen LogP contribution in [-0.4, -0.2) is 25.7 Å². The Balaban J connectivity index is 1.87. The third kappa shape index (κ3) is 3.94. The zero-order chi connectivity index (χ0) is 18.7. The van der Waals surface area contributed by atoms with Crippen LogP contribution >= 0.6 is 0 Å². The van der Waals surface area contributed by atoms with Gasteiger partial charge < -0.3 is 4.42 Å². The van der Waals surface area contributed by atoms with Crippen molar-refractivity contribution < 1.29 is 26.4 Å². The molecule has 0 radical (unpaired) electrons. The summed E-state index contributed by atoms with van der Waals surface area (Å²) in [6, 6.07) is 6.28. The Kier molecular flexibility index (Phi) is 5.38. The predicted molar refractivity (Wildman–Crippen MR) is 90.4 cm³/mol. The molecule has 136 valence electrons. The van der Waals surface area contributed by atoms with E-state index in [1.54, 1.807) is 0 Å². The molecule has 3 aromatic rings. The smallest absolute Gasteiger partial charge is 0.201 e. The van der Waals surface area contributed by atoms with Gasteiger partial charge in [0.1, 0.15) is 17.2 Å². The summed E-state index contributed by atoms with van der Waals surface area (Å²) < 4.78 is 56.7. The number of benzene rings is 2. The second-order valence-corrected chi connectivity index (χ2v) is 6.39. The van der Waals surface area contributed by atoms with Gasteiger partial charge in [-0.05, 0) is 48.7 Å². The van der Waals surface area contributed by atoms with Crippen molar-refractivity contribution in [1.29, 1.82) is 0 Å². The topological polar surface area (TPSA) is 89.3 Å². The van der Waals surface area contributed by atoms with Gasteiger partial charge in [-0.1, -0.05) is 0 Å². The Labute approximate surface area is 148 Å². The molecule has 1 heterocycles. The van der Waals surface area contributed by atoms with Gasteiger partial charge in [0.25, 0.3) is 0 Å². The van der Waals surface area contributed by atoms with Crippen molar-refractivity contribution in [2.75, 3.05) is 6.54 Å². The molecule has 3 rings (SSSR count). The van der Waals surface area contributed by atoms with Crippen LogP contribution in [0.5, 0.6) is 0 Å². The minimum absolute atomic E-state index is 0.0128. The van der Waals surface area contributed by atoms with Crippen molar-refractivity contribution >= 4 is 27.8 Å². The molecule has 1 N–H and O–H groups in total. The van der Waals surface area contributed by atoms with Crippen LogP contribution < -0.4 is 4.72 Å². The van der Waals surface area contributed by atoms with Crippen LogP contribution in [0.15, 0.2) is 41.1 Å². The van der Waals surface area contributed by atoms with E-state index in [2.05, 4.69) is 9.71 Å². The number of ketones is 1. The summed E-state index contributed by atoms with van der Waals surface area (Å²) in [5, 5.41) is 0. The summed E-state index contributed by atoms with van der Waals surface area (Å²) in [5.74, 6) is -2.23. The first-order chi connectivity index (χ1) is 12.5. The third-order valence-electron chi connectivity index (χ3n) is 3.81. The van der Waals surface area contributed by atoms with Crippen LogP contribution in [0.3, 0.4) is 0 Å². The lowest BCUT2D eigenvalue weighted by Crippen LogP contribution is -2.14. The first-order valence-electron chi connectivity index (χ1n) is 7.69. The maximum absolute atomic E-state index is 14.7. The molecule has 0 aliphatic rings. The molecule has 2 aromatic carbocycles. The van der Waals surface area contributed by atoms with Crippen LogP contribution in [0, 0.1) is 11.6 Å². The van der Waals surface area contributed by atoms with E-state index < -0.39 is 28.3 Å². The number of carbonyl (C=O) groups excluding carboxylic acids is 1. The molecule has 0 atom stereocenters. The summed E-state index contributed by atoms with van der Waals surface area (Å²) in [5.41, 5.74) is 0.702. The van der Waals surface area contributed by atoms with Crippen molar-refractivity contribution in [3.63, 3.8) is 0 Å². The third-order valence-corrected chi connectivity index (χ3v) is 4.30. The van der Waals surface area contributed by atoms with Crippen LogP contribution in [0.25, 0.3) is 11.1 Å². The fraction of sp³-hybridized carbons (Fsp3) is 0.176. The number of nitrogens with zero attached hydrogens (tertiary/aromatic N) is 1. The molecule has 0 fully saturated rings. The first-order valence-corrected chi connectivity index (χ1v) is 8.87. The highest BCUT2D eigenvalue weighted by Gasteiger charge is 2.19. The number of aryl methyl sites for hydroxylation is 1. The standard InChI is InChI=1S/C17H14F2N2O4S/c18-12-6-10(2-1-5-21-26(23)24)16(19)13(8-12)17(22)11-3-4-15-14(7-11)20-9-25-15/h3-4,6-9,26H,1-2,5H2,(H,21,23,24). The van der Waals surface area contributed by atoms with Crippen LogP contribution in [-0.2, 0) is 17.3 Å². The Bertz CT molecular complexity index is 1040. The molecule has 0 saturated carbocycles. The van der Waals surface area contributed by atoms with E-state index >= 15 is 0 Å². The molecule has 0 saturated heterocycles. The first kappa shape index (κ1) is 18.2. The molecule has 0 unspecified atom stereocenters. The Morgan fingerprint density at radius 1 is 1.19 bits per heavy atom. The predicted octanol–water partition coefficient (Wildman–Crippen LogP) is 2.39. The van der Waals surface area contributed by atoms with Gasteiger partial charge in [-0.2, -0.15) is 0 Å². The van der Waals surface area contributed by atoms with E-state index in [1.807, 2.05) is 0 Å². The second-order valence-electron chi connectivity index (χ2n) is 5.56. The molecule has 26 heavy (non-hydrogen) atoms. The maximum atomic E-state index is 14.7. The largest absolute Gasteiger partial charge is 0.443 e. The number of fused-ring (bicyclic) bond motifs is 1. The SMILES string of the molecule is O=C(c1ccc2ocnc2c1)c1cc(F)cc(CCCN[SH](=O)=O)c1F. The number of rotatable bonds is 7. The molecular formula is C17H14F2N2O4S. The molecular weight excluding hydrogens is 366 g/mol. The average Bonchev–Trinajstić information content (AvgIpc) is 3.08. The molecule has 1 aromatic heterocycles. The van der Waals surface area contributed by atoms with Crippen molar-refractivity contribution in [2.24, 2.45) is 0 Å². The van der Waals surface area contributed by atoms with Gasteiger partial charge >= 0.3 is 0 Å². The van der Waals surface area contributed by atoms with E-state index in [1.165, 1.54) is 24.6 Å². The molecule has 0 aliphatic heterocycles. The molecule has 6 nitrogen and oxygen atoms in total. The van der Waals surface area contributed by atoms with Crippen molar-refractivity contribution in [3.05, 3.63) is 65.1 Å². The van der Waals surface area contributed by atoms with E-state index in [9.17, 15) is 22.0 Å². The number of thiol groups is 1. The molecule has 9 heteroatoms. The minimum atomic E-state index is -2.74. The number of hydrogen-bond acceptors (Lipinski definition) is 5. The molecule has 0 amide bonds. The van der Waals surface area contributed by atoms with Gasteiger partial charge in [-0.15, -0.1) is 0 Å². The summed E-state index contributed by atoms with van der Waals surface area (Å²) in [6.45, 7) is 0.0980. The molecule has 0 aliphatic carbocycles. The van der Waals surface area contributed by atoms with Gasteiger partial charge in [0.2, 0.25) is 10.9 Å².